The Labute approximate surface area is 153 Å². The first-order valence-electron chi connectivity index (χ1n) is 8.24. The van der Waals surface area contributed by atoms with E-state index in [1.165, 1.54) is 0 Å². The molecular formula is C19H22ClFN2O2. The Hall–Kier alpha value is -2.11. The number of carbonyl (C=O) groups is 1. The fourth-order valence-electron chi connectivity index (χ4n) is 2.77. The second-order valence-electron chi connectivity index (χ2n) is 5.82. The number of rotatable bonds is 5. The van der Waals surface area contributed by atoms with E-state index in [2.05, 4.69) is 10.6 Å². The molecule has 6 heteroatoms. The summed E-state index contributed by atoms with van der Waals surface area (Å²) in [5.41, 5.74) is 2.31. The van der Waals surface area contributed by atoms with Crippen molar-refractivity contribution in [2.75, 3.05) is 18.5 Å². The first-order chi connectivity index (χ1) is 11.7. The number of anilines is 1. The van der Waals surface area contributed by atoms with Crippen LogP contribution in [0.1, 0.15) is 34.8 Å². The van der Waals surface area contributed by atoms with Gasteiger partial charge in [0.1, 0.15) is 11.6 Å². The predicted molar refractivity (Wildman–Crippen MR) is 99.2 cm³/mol. The third-order valence-corrected chi connectivity index (χ3v) is 4.02. The Balaban J connectivity index is 0.00000225. The molecule has 134 valence electrons. The van der Waals surface area contributed by atoms with Crippen LogP contribution in [0.5, 0.6) is 5.75 Å². The summed E-state index contributed by atoms with van der Waals surface area (Å²) >= 11 is 0. The highest BCUT2D eigenvalue weighted by Crippen LogP contribution is 2.25. The minimum absolute atomic E-state index is 0. The van der Waals surface area contributed by atoms with Crippen LogP contribution in [0.15, 0.2) is 36.4 Å². The fraction of sp³-hybridized carbons (Fsp3) is 0.316. The number of nitrogens with one attached hydrogen (secondary N) is 2. The lowest BCUT2D eigenvalue weighted by atomic mass is 9.99. The Bertz CT molecular complexity index is 752. The number of hydrogen-bond acceptors (Lipinski definition) is 3. The molecule has 1 amide bonds. The summed E-state index contributed by atoms with van der Waals surface area (Å²) in [6.07, 6.45) is 1.52. The van der Waals surface area contributed by atoms with Gasteiger partial charge in [0.15, 0.2) is 0 Å². The molecular weight excluding hydrogens is 343 g/mol. The molecule has 2 N–H and O–H groups in total. The summed E-state index contributed by atoms with van der Waals surface area (Å²) in [7, 11) is 0. The van der Waals surface area contributed by atoms with Crippen LogP contribution in [0.3, 0.4) is 0 Å². The maximum atomic E-state index is 14.6. The van der Waals surface area contributed by atoms with E-state index in [1.54, 1.807) is 30.3 Å². The van der Waals surface area contributed by atoms with Gasteiger partial charge in [0.05, 0.1) is 12.3 Å². The van der Waals surface area contributed by atoms with E-state index in [1.807, 2.05) is 13.0 Å². The number of hydrogen-bond donors (Lipinski definition) is 2. The van der Waals surface area contributed by atoms with Gasteiger partial charge in [0.25, 0.3) is 5.91 Å². The molecule has 0 saturated heterocycles. The van der Waals surface area contributed by atoms with Crippen molar-refractivity contribution in [2.45, 2.75) is 26.3 Å². The first-order valence-corrected chi connectivity index (χ1v) is 8.24. The third kappa shape index (κ3) is 4.50. The summed E-state index contributed by atoms with van der Waals surface area (Å²) in [6.45, 7) is 4.03. The summed E-state index contributed by atoms with van der Waals surface area (Å²) in [4.78, 5) is 12.4. The quantitative estimate of drug-likeness (QED) is 0.845. The Morgan fingerprint density at radius 2 is 2.16 bits per heavy atom. The van der Waals surface area contributed by atoms with Gasteiger partial charge in [0, 0.05) is 12.1 Å². The normalized spacial score (nSPS) is 12.7. The van der Waals surface area contributed by atoms with Crippen molar-refractivity contribution in [1.29, 1.82) is 0 Å². The van der Waals surface area contributed by atoms with Crippen molar-refractivity contribution in [1.82, 2.24) is 5.32 Å². The van der Waals surface area contributed by atoms with Gasteiger partial charge in [-0.3, -0.25) is 4.79 Å². The molecule has 3 rings (SSSR count). The van der Waals surface area contributed by atoms with E-state index >= 15 is 0 Å². The van der Waals surface area contributed by atoms with Gasteiger partial charge >= 0.3 is 0 Å². The smallest absolute Gasteiger partial charge is 0.255 e. The molecule has 0 unspecified atom stereocenters. The second kappa shape index (κ2) is 8.83. The molecule has 25 heavy (non-hydrogen) atoms. The zero-order chi connectivity index (χ0) is 16.9. The van der Waals surface area contributed by atoms with Crippen molar-refractivity contribution in [3.8, 4) is 5.75 Å². The van der Waals surface area contributed by atoms with Gasteiger partial charge in [-0.15, -0.1) is 12.4 Å². The highest BCUT2D eigenvalue weighted by atomic mass is 35.5. The van der Waals surface area contributed by atoms with Crippen LogP contribution in [-0.4, -0.2) is 19.1 Å². The van der Waals surface area contributed by atoms with Gasteiger partial charge in [0.2, 0.25) is 0 Å². The zero-order valence-electron chi connectivity index (χ0n) is 14.1. The SMILES string of the molecule is CCCOc1cccc(C(=O)Nc2ccc3c(c2F)CCNC3)c1.Cl. The van der Waals surface area contributed by atoms with Gasteiger partial charge in [-0.25, -0.2) is 4.39 Å². The summed E-state index contributed by atoms with van der Waals surface area (Å²) in [5, 5.41) is 5.88. The number of fused-ring (bicyclic) bond motifs is 1. The van der Waals surface area contributed by atoms with Gasteiger partial charge in [-0.1, -0.05) is 19.1 Å². The molecule has 0 aromatic heterocycles. The monoisotopic (exact) mass is 364 g/mol. The Morgan fingerprint density at radius 1 is 1.32 bits per heavy atom. The number of halogens is 2. The van der Waals surface area contributed by atoms with Crippen LogP contribution < -0.4 is 15.4 Å². The van der Waals surface area contributed by atoms with Crippen molar-refractivity contribution < 1.29 is 13.9 Å². The molecule has 2 aromatic carbocycles. The first kappa shape index (κ1) is 19.2. The Morgan fingerprint density at radius 3 is 2.96 bits per heavy atom. The lowest BCUT2D eigenvalue weighted by Crippen LogP contribution is -2.25. The van der Waals surface area contributed by atoms with Crippen molar-refractivity contribution in [3.05, 3.63) is 58.9 Å². The molecule has 0 radical (unpaired) electrons. The Kier molecular flexibility index (Phi) is 6.79. The van der Waals surface area contributed by atoms with E-state index in [-0.39, 0.29) is 29.8 Å². The van der Waals surface area contributed by atoms with Crippen LogP contribution in [0.25, 0.3) is 0 Å². The number of ether oxygens (including phenoxy) is 1. The summed E-state index contributed by atoms with van der Waals surface area (Å²) in [6, 6.07) is 10.4. The lowest BCUT2D eigenvalue weighted by molar-refractivity contribution is 0.102. The van der Waals surface area contributed by atoms with Crippen LogP contribution in [0.2, 0.25) is 0 Å². The third-order valence-electron chi connectivity index (χ3n) is 4.02. The van der Waals surface area contributed by atoms with Crippen molar-refractivity contribution in [3.63, 3.8) is 0 Å². The highest BCUT2D eigenvalue weighted by molar-refractivity contribution is 6.04. The minimum atomic E-state index is -0.343. The summed E-state index contributed by atoms with van der Waals surface area (Å²) < 4.78 is 20.1. The van der Waals surface area contributed by atoms with Gasteiger partial charge in [-0.2, -0.15) is 0 Å². The molecule has 0 bridgehead atoms. The molecule has 0 atom stereocenters. The fourth-order valence-corrected chi connectivity index (χ4v) is 2.77. The van der Waals surface area contributed by atoms with Crippen molar-refractivity contribution in [2.24, 2.45) is 0 Å². The largest absolute Gasteiger partial charge is 0.494 e. The lowest BCUT2D eigenvalue weighted by Gasteiger charge is -2.19. The summed E-state index contributed by atoms with van der Waals surface area (Å²) in [5.74, 6) is -0.0352. The highest BCUT2D eigenvalue weighted by Gasteiger charge is 2.18. The van der Waals surface area contributed by atoms with Gasteiger partial charge < -0.3 is 15.4 Å². The number of benzene rings is 2. The van der Waals surface area contributed by atoms with Crippen LogP contribution in [-0.2, 0) is 13.0 Å². The second-order valence-corrected chi connectivity index (χ2v) is 5.82. The molecule has 0 spiro atoms. The average molecular weight is 365 g/mol. The molecule has 0 saturated carbocycles. The molecule has 0 aliphatic carbocycles. The maximum Gasteiger partial charge on any atom is 0.255 e. The van der Waals surface area contributed by atoms with Gasteiger partial charge in [-0.05, 0) is 54.8 Å². The van der Waals surface area contributed by atoms with E-state index < -0.39 is 0 Å². The maximum absolute atomic E-state index is 14.6. The number of carbonyl (C=O) groups excluding carboxylic acids is 1. The van der Waals surface area contributed by atoms with Crippen LogP contribution in [0.4, 0.5) is 10.1 Å². The molecule has 1 heterocycles. The molecule has 2 aromatic rings. The number of amides is 1. The van der Waals surface area contributed by atoms with E-state index in [4.69, 9.17) is 4.74 Å². The predicted octanol–water partition coefficient (Wildman–Crippen LogP) is 3.93. The molecule has 1 aliphatic heterocycles. The zero-order valence-corrected chi connectivity index (χ0v) is 14.9. The molecule has 0 fully saturated rings. The van der Waals surface area contributed by atoms with Crippen LogP contribution >= 0.6 is 12.4 Å². The molecule has 4 nitrogen and oxygen atoms in total. The van der Waals surface area contributed by atoms with Crippen LogP contribution in [0, 0.1) is 5.82 Å². The van der Waals surface area contributed by atoms with E-state index in [9.17, 15) is 9.18 Å². The molecule has 1 aliphatic rings. The topological polar surface area (TPSA) is 50.4 Å². The standard InChI is InChI=1S/C19H21FN2O2.ClH/c1-2-10-24-15-5-3-4-13(11-15)19(23)22-17-7-6-14-12-21-9-8-16(14)18(17)20;/h3-7,11,21H,2,8-10,12H2,1H3,(H,22,23);1H. The van der Waals surface area contributed by atoms with E-state index in [0.29, 0.717) is 36.4 Å². The van der Waals surface area contributed by atoms with Crippen molar-refractivity contribution >= 4 is 24.0 Å². The van der Waals surface area contributed by atoms with E-state index in [0.717, 1.165) is 18.5 Å². The minimum Gasteiger partial charge on any atom is -0.494 e. The average Bonchev–Trinajstić information content (AvgIpc) is 2.62.